The van der Waals surface area contributed by atoms with Crippen molar-refractivity contribution in [3.05, 3.63) is 23.0 Å². The maximum atomic E-state index is 3.55. The molecule has 0 aromatic carbocycles. The number of rotatable bonds is 5. The second kappa shape index (κ2) is 5.53. The minimum absolute atomic E-state index is 0.741. The summed E-state index contributed by atoms with van der Waals surface area (Å²) >= 11 is 0. The van der Waals surface area contributed by atoms with Gasteiger partial charge < -0.3 is 9.88 Å². The number of nitrogens with one attached hydrogen (secondary N) is 1. The quantitative estimate of drug-likeness (QED) is 0.810. The van der Waals surface area contributed by atoms with Gasteiger partial charge in [-0.3, -0.25) is 0 Å². The number of hydrogen-bond donors (Lipinski definition) is 1. The third-order valence-electron chi connectivity index (χ3n) is 3.80. The topological polar surface area (TPSA) is 17.0 Å². The molecule has 0 spiro atoms. The predicted molar refractivity (Wildman–Crippen MR) is 70.6 cm³/mol. The molecule has 1 aromatic heterocycles. The average Bonchev–Trinajstić information content (AvgIpc) is 2.46. The highest BCUT2D eigenvalue weighted by molar-refractivity contribution is 5.26. The Labute approximate surface area is 100 Å². The molecule has 1 N–H and O–H groups in total. The summed E-state index contributed by atoms with van der Waals surface area (Å²) in [6.45, 7) is 13.3. The zero-order valence-electron chi connectivity index (χ0n) is 11.6. The number of nitrogens with zero attached hydrogens (tertiary/aromatic N) is 1. The molecule has 0 bridgehead atoms. The number of hydrogen-bond acceptors (Lipinski definition) is 1. The third kappa shape index (κ3) is 3.11. The van der Waals surface area contributed by atoms with Crippen LogP contribution in [0.1, 0.15) is 37.7 Å². The van der Waals surface area contributed by atoms with Crippen LogP contribution in [0.2, 0.25) is 0 Å². The van der Waals surface area contributed by atoms with Crippen molar-refractivity contribution in [1.29, 1.82) is 0 Å². The molecule has 2 nitrogen and oxygen atoms in total. The molecule has 0 aliphatic rings. The Hall–Kier alpha value is -0.760. The summed E-state index contributed by atoms with van der Waals surface area (Å²) in [4.78, 5) is 0. The fraction of sp³-hybridized carbons (Fsp3) is 0.714. The highest BCUT2D eigenvalue weighted by Crippen LogP contribution is 2.13. The monoisotopic (exact) mass is 222 g/mol. The first-order chi connectivity index (χ1) is 7.43. The Kier molecular flexibility index (Phi) is 4.60. The summed E-state index contributed by atoms with van der Waals surface area (Å²) in [5.41, 5.74) is 4.14. The lowest BCUT2D eigenvalue weighted by molar-refractivity contribution is 0.392. The molecule has 0 fully saturated rings. The van der Waals surface area contributed by atoms with Crippen molar-refractivity contribution in [3.63, 3.8) is 0 Å². The second-order valence-electron chi connectivity index (χ2n) is 5.31. The first kappa shape index (κ1) is 13.3. The van der Waals surface area contributed by atoms with Gasteiger partial charge in [0.05, 0.1) is 0 Å². The maximum Gasteiger partial charge on any atom is 0.0223 e. The summed E-state index contributed by atoms with van der Waals surface area (Å²) in [5, 5.41) is 3.55. The molecule has 1 unspecified atom stereocenters. The smallest absolute Gasteiger partial charge is 0.0223 e. The van der Waals surface area contributed by atoms with E-state index in [2.05, 4.69) is 57.6 Å². The van der Waals surface area contributed by atoms with Crippen molar-refractivity contribution in [2.75, 3.05) is 6.54 Å². The van der Waals surface area contributed by atoms with Gasteiger partial charge >= 0.3 is 0 Å². The zero-order chi connectivity index (χ0) is 12.3. The predicted octanol–water partition coefficient (Wildman–Crippen LogP) is 3.02. The molecular formula is C14H26N2. The van der Waals surface area contributed by atoms with Crippen LogP contribution >= 0.6 is 0 Å². The molecular weight excluding hydrogens is 196 g/mol. The van der Waals surface area contributed by atoms with Gasteiger partial charge in [0, 0.05) is 25.0 Å². The molecule has 1 atom stereocenters. The first-order valence-electron chi connectivity index (χ1n) is 6.26. The second-order valence-corrected chi connectivity index (χ2v) is 5.31. The normalized spacial score (nSPS) is 13.4. The number of aromatic nitrogens is 1. The van der Waals surface area contributed by atoms with Gasteiger partial charge in [-0.05, 0) is 43.9 Å². The van der Waals surface area contributed by atoms with E-state index in [1.807, 2.05) is 0 Å². The van der Waals surface area contributed by atoms with Crippen LogP contribution in [-0.2, 0) is 13.6 Å². The van der Waals surface area contributed by atoms with Gasteiger partial charge in [-0.1, -0.05) is 20.8 Å². The molecule has 1 rings (SSSR count). The Bertz CT molecular complexity index is 337. The Balaban J connectivity index is 2.46. The van der Waals surface area contributed by atoms with E-state index in [1.165, 1.54) is 17.0 Å². The summed E-state index contributed by atoms with van der Waals surface area (Å²) in [5.74, 6) is 1.50. The SMILES string of the molecule is Cc1cc(CNCC(C)C(C)C)c(C)n1C. The first-order valence-corrected chi connectivity index (χ1v) is 6.26. The highest BCUT2D eigenvalue weighted by atomic mass is 15.0. The van der Waals surface area contributed by atoms with Gasteiger partial charge in [0.1, 0.15) is 0 Å². The lowest BCUT2D eigenvalue weighted by Crippen LogP contribution is -2.23. The van der Waals surface area contributed by atoms with Crippen LogP contribution in [-0.4, -0.2) is 11.1 Å². The molecule has 0 saturated heterocycles. The molecule has 1 heterocycles. The molecule has 0 saturated carbocycles. The Morgan fingerprint density at radius 3 is 2.31 bits per heavy atom. The van der Waals surface area contributed by atoms with E-state index in [1.54, 1.807) is 0 Å². The van der Waals surface area contributed by atoms with E-state index >= 15 is 0 Å². The van der Waals surface area contributed by atoms with E-state index in [9.17, 15) is 0 Å². The molecule has 16 heavy (non-hydrogen) atoms. The fourth-order valence-electron chi connectivity index (χ4n) is 1.78. The summed E-state index contributed by atoms with van der Waals surface area (Å²) < 4.78 is 2.25. The van der Waals surface area contributed by atoms with Crippen molar-refractivity contribution < 1.29 is 0 Å². The van der Waals surface area contributed by atoms with Gasteiger partial charge in [-0.2, -0.15) is 0 Å². The van der Waals surface area contributed by atoms with Gasteiger partial charge in [-0.25, -0.2) is 0 Å². The molecule has 0 amide bonds. The fourth-order valence-corrected chi connectivity index (χ4v) is 1.78. The molecule has 0 aliphatic heterocycles. The largest absolute Gasteiger partial charge is 0.352 e. The Morgan fingerprint density at radius 1 is 1.25 bits per heavy atom. The van der Waals surface area contributed by atoms with Gasteiger partial charge in [-0.15, -0.1) is 0 Å². The standard InChI is InChI=1S/C14H26N2/c1-10(2)11(3)8-15-9-14-7-12(4)16(6)13(14)5/h7,10-11,15H,8-9H2,1-6H3. The molecule has 2 heteroatoms. The van der Waals surface area contributed by atoms with Crippen molar-refractivity contribution in [1.82, 2.24) is 9.88 Å². The number of aryl methyl sites for hydroxylation is 1. The minimum atomic E-state index is 0.741. The zero-order valence-corrected chi connectivity index (χ0v) is 11.6. The van der Waals surface area contributed by atoms with Crippen LogP contribution < -0.4 is 5.32 Å². The van der Waals surface area contributed by atoms with Gasteiger partial charge in [0.15, 0.2) is 0 Å². The summed E-state index contributed by atoms with van der Waals surface area (Å²) in [7, 11) is 2.13. The lowest BCUT2D eigenvalue weighted by atomic mass is 9.98. The van der Waals surface area contributed by atoms with Crippen molar-refractivity contribution >= 4 is 0 Å². The van der Waals surface area contributed by atoms with E-state index in [0.29, 0.717) is 0 Å². The lowest BCUT2D eigenvalue weighted by Gasteiger charge is -2.16. The maximum absolute atomic E-state index is 3.55. The molecule has 0 radical (unpaired) electrons. The highest BCUT2D eigenvalue weighted by Gasteiger charge is 2.08. The third-order valence-corrected chi connectivity index (χ3v) is 3.80. The average molecular weight is 222 g/mol. The summed E-state index contributed by atoms with van der Waals surface area (Å²) in [6.07, 6.45) is 0. The van der Waals surface area contributed by atoms with E-state index in [4.69, 9.17) is 0 Å². The van der Waals surface area contributed by atoms with Crippen LogP contribution in [0.5, 0.6) is 0 Å². The Morgan fingerprint density at radius 2 is 1.88 bits per heavy atom. The molecule has 0 aliphatic carbocycles. The van der Waals surface area contributed by atoms with Crippen molar-refractivity contribution in [2.24, 2.45) is 18.9 Å². The molecule has 92 valence electrons. The van der Waals surface area contributed by atoms with E-state index in [0.717, 1.165) is 24.9 Å². The van der Waals surface area contributed by atoms with Crippen molar-refractivity contribution in [2.45, 2.75) is 41.2 Å². The van der Waals surface area contributed by atoms with E-state index < -0.39 is 0 Å². The van der Waals surface area contributed by atoms with Gasteiger partial charge in [0.2, 0.25) is 0 Å². The van der Waals surface area contributed by atoms with Crippen LogP contribution in [0.25, 0.3) is 0 Å². The van der Waals surface area contributed by atoms with Crippen LogP contribution in [0.15, 0.2) is 6.07 Å². The van der Waals surface area contributed by atoms with E-state index in [-0.39, 0.29) is 0 Å². The minimum Gasteiger partial charge on any atom is -0.352 e. The summed E-state index contributed by atoms with van der Waals surface area (Å²) in [6, 6.07) is 2.28. The molecule has 1 aromatic rings. The van der Waals surface area contributed by atoms with Crippen LogP contribution in [0, 0.1) is 25.7 Å². The van der Waals surface area contributed by atoms with Crippen LogP contribution in [0.4, 0.5) is 0 Å². The van der Waals surface area contributed by atoms with Crippen LogP contribution in [0.3, 0.4) is 0 Å². The van der Waals surface area contributed by atoms with Gasteiger partial charge in [0.25, 0.3) is 0 Å². The van der Waals surface area contributed by atoms with Crippen molar-refractivity contribution in [3.8, 4) is 0 Å².